The summed E-state index contributed by atoms with van der Waals surface area (Å²) in [6.07, 6.45) is 3.24. The third-order valence-electron chi connectivity index (χ3n) is 3.57. The molecular formula is C13H20N4O. The zero-order valence-corrected chi connectivity index (χ0v) is 11.1. The number of aryl methyl sites for hydroxylation is 1. The number of aliphatic hydroxyl groups excluding tert-OH is 1. The van der Waals surface area contributed by atoms with E-state index in [0.29, 0.717) is 0 Å². The predicted molar refractivity (Wildman–Crippen MR) is 71.7 cm³/mol. The minimum Gasteiger partial charge on any atom is -0.394 e. The van der Waals surface area contributed by atoms with E-state index in [1.54, 1.807) is 10.8 Å². The molecule has 2 heterocycles. The first-order valence-corrected chi connectivity index (χ1v) is 6.33. The summed E-state index contributed by atoms with van der Waals surface area (Å²) >= 11 is 0. The largest absolute Gasteiger partial charge is 0.394 e. The molecule has 0 saturated heterocycles. The van der Waals surface area contributed by atoms with Crippen molar-refractivity contribution in [1.82, 2.24) is 14.6 Å². The summed E-state index contributed by atoms with van der Waals surface area (Å²) in [5.74, 6) is 0.875. The molecule has 2 rings (SSSR count). The van der Waals surface area contributed by atoms with E-state index in [9.17, 15) is 5.11 Å². The minimum absolute atomic E-state index is 0.101. The van der Waals surface area contributed by atoms with Gasteiger partial charge in [-0.05, 0) is 37.5 Å². The number of aromatic nitrogens is 3. The fourth-order valence-electron chi connectivity index (χ4n) is 2.11. The van der Waals surface area contributed by atoms with Crippen LogP contribution in [0.4, 0.5) is 5.82 Å². The van der Waals surface area contributed by atoms with Gasteiger partial charge in [0.25, 0.3) is 0 Å². The predicted octanol–water partition coefficient (Wildman–Crippen LogP) is 2.00. The van der Waals surface area contributed by atoms with Crippen LogP contribution in [0.1, 0.15) is 32.3 Å². The zero-order valence-electron chi connectivity index (χ0n) is 11.1. The van der Waals surface area contributed by atoms with Gasteiger partial charge in [0.15, 0.2) is 5.65 Å². The van der Waals surface area contributed by atoms with Gasteiger partial charge in [0.05, 0.1) is 12.1 Å². The summed E-state index contributed by atoms with van der Waals surface area (Å²) in [7, 11) is 0. The van der Waals surface area contributed by atoms with Crippen molar-refractivity contribution in [3.05, 3.63) is 24.0 Å². The molecular weight excluding hydrogens is 228 g/mol. The normalized spacial score (nSPS) is 12.0. The van der Waals surface area contributed by atoms with E-state index in [2.05, 4.69) is 29.2 Å². The molecule has 0 amide bonds. The zero-order chi connectivity index (χ0) is 13.2. The van der Waals surface area contributed by atoms with Crippen molar-refractivity contribution < 1.29 is 5.11 Å². The Bertz CT molecular complexity index is 523. The maximum Gasteiger partial charge on any atom is 0.157 e. The Kier molecular flexibility index (Phi) is 3.52. The number of nitrogens with one attached hydrogen (secondary N) is 1. The fraction of sp³-hybridized carbons (Fsp3) is 0.538. The van der Waals surface area contributed by atoms with E-state index >= 15 is 0 Å². The number of hydrogen-bond acceptors (Lipinski definition) is 4. The summed E-state index contributed by atoms with van der Waals surface area (Å²) in [6, 6.07) is 4.01. The van der Waals surface area contributed by atoms with Gasteiger partial charge in [-0.25, -0.2) is 4.98 Å². The van der Waals surface area contributed by atoms with Crippen LogP contribution in [0.3, 0.4) is 0 Å². The smallest absolute Gasteiger partial charge is 0.157 e. The summed E-state index contributed by atoms with van der Waals surface area (Å²) < 4.78 is 1.77. The maximum atomic E-state index is 9.62. The van der Waals surface area contributed by atoms with Crippen LogP contribution in [-0.2, 0) is 0 Å². The highest BCUT2D eigenvalue weighted by atomic mass is 16.3. The molecule has 98 valence electrons. The van der Waals surface area contributed by atoms with Crippen LogP contribution in [0.2, 0.25) is 0 Å². The van der Waals surface area contributed by atoms with Crippen molar-refractivity contribution in [2.45, 2.75) is 39.2 Å². The molecule has 0 aromatic carbocycles. The maximum absolute atomic E-state index is 9.62. The second-order valence-electron chi connectivity index (χ2n) is 4.72. The van der Waals surface area contributed by atoms with Crippen LogP contribution >= 0.6 is 0 Å². The number of pyridine rings is 1. The number of rotatable bonds is 5. The highest BCUT2D eigenvalue weighted by Gasteiger charge is 2.25. The molecule has 0 saturated carbocycles. The quantitative estimate of drug-likeness (QED) is 0.849. The van der Waals surface area contributed by atoms with E-state index in [1.807, 2.05) is 19.1 Å². The minimum atomic E-state index is -0.299. The molecule has 0 aliphatic rings. The lowest BCUT2D eigenvalue weighted by Gasteiger charge is -2.32. The monoisotopic (exact) mass is 248 g/mol. The number of hydrogen-bond donors (Lipinski definition) is 2. The first-order valence-electron chi connectivity index (χ1n) is 6.33. The molecule has 0 aliphatic heterocycles. The second-order valence-corrected chi connectivity index (χ2v) is 4.72. The van der Waals surface area contributed by atoms with E-state index in [4.69, 9.17) is 0 Å². The first kappa shape index (κ1) is 12.8. The molecule has 18 heavy (non-hydrogen) atoms. The molecule has 2 aromatic rings. The highest BCUT2D eigenvalue weighted by Crippen LogP contribution is 2.23. The van der Waals surface area contributed by atoms with Gasteiger partial charge in [-0.15, -0.1) is 0 Å². The van der Waals surface area contributed by atoms with E-state index in [1.165, 1.54) is 0 Å². The Morgan fingerprint density at radius 2 is 2.06 bits per heavy atom. The molecule has 5 nitrogen and oxygen atoms in total. The third-order valence-corrected chi connectivity index (χ3v) is 3.57. The van der Waals surface area contributed by atoms with E-state index in [-0.39, 0.29) is 12.1 Å². The SMILES string of the molecule is CCC(CC)(CO)Nc1cc(C)cc2ncnn12. The standard InChI is InChI=1S/C13H20N4O/c1-4-13(5-2,8-18)16-12-7-10(3)6-11-14-9-15-17(11)12/h6-7,9,16,18H,4-5,8H2,1-3H3. The Labute approximate surface area is 107 Å². The molecule has 0 atom stereocenters. The Morgan fingerprint density at radius 3 is 2.67 bits per heavy atom. The van der Waals surface area contributed by atoms with Crippen LogP contribution in [0.15, 0.2) is 18.5 Å². The number of aliphatic hydroxyl groups is 1. The summed E-state index contributed by atoms with van der Waals surface area (Å²) in [5, 5.41) is 17.3. The highest BCUT2D eigenvalue weighted by molar-refractivity contribution is 5.52. The Hall–Kier alpha value is -1.62. The van der Waals surface area contributed by atoms with Gasteiger partial charge in [-0.1, -0.05) is 13.8 Å². The molecule has 2 aromatic heterocycles. The van der Waals surface area contributed by atoms with Crippen LogP contribution in [0.25, 0.3) is 5.65 Å². The van der Waals surface area contributed by atoms with E-state index < -0.39 is 0 Å². The Morgan fingerprint density at radius 1 is 1.33 bits per heavy atom. The van der Waals surface area contributed by atoms with Crippen molar-refractivity contribution in [3.63, 3.8) is 0 Å². The molecule has 2 N–H and O–H groups in total. The summed E-state index contributed by atoms with van der Waals surface area (Å²) in [6.45, 7) is 6.27. The van der Waals surface area contributed by atoms with Gasteiger partial charge in [0.2, 0.25) is 0 Å². The molecule has 0 radical (unpaired) electrons. The van der Waals surface area contributed by atoms with Gasteiger partial charge >= 0.3 is 0 Å². The van der Waals surface area contributed by atoms with E-state index in [0.717, 1.165) is 29.9 Å². The Balaban J connectivity index is 2.44. The average molecular weight is 248 g/mol. The van der Waals surface area contributed by atoms with Crippen LogP contribution in [0.5, 0.6) is 0 Å². The van der Waals surface area contributed by atoms with Gasteiger partial charge in [-0.2, -0.15) is 9.61 Å². The van der Waals surface area contributed by atoms with Gasteiger partial charge in [-0.3, -0.25) is 0 Å². The van der Waals surface area contributed by atoms with Gasteiger partial charge in [0, 0.05) is 0 Å². The second kappa shape index (κ2) is 4.94. The lowest BCUT2D eigenvalue weighted by molar-refractivity contribution is 0.202. The summed E-state index contributed by atoms with van der Waals surface area (Å²) in [5.41, 5.74) is 1.64. The van der Waals surface area contributed by atoms with Crippen molar-refractivity contribution in [2.75, 3.05) is 11.9 Å². The lowest BCUT2D eigenvalue weighted by Crippen LogP contribution is -2.41. The van der Waals surface area contributed by atoms with Crippen molar-refractivity contribution in [1.29, 1.82) is 0 Å². The van der Waals surface area contributed by atoms with Crippen LogP contribution < -0.4 is 5.32 Å². The van der Waals surface area contributed by atoms with Crippen molar-refractivity contribution in [2.24, 2.45) is 0 Å². The first-order chi connectivity index (χ1) is 8.64. The van der Waals surface area contributed by atoms with Crippen LogP contribution in [-0.4, -0.2) is 31.9 Å². The molecule has 0 aliphatic carbocycles. The number of anilines is 1. The third kappa shape index (κ3) is 2.18. The number of fused-ring (bicyclic) bond motifs is 1. The molecule has 0 unspecified atom stereocenters. The van der Waals surface area contributed by atoms with Crippen molar-refractivity contribution in [3.8, 4) is 0 Å². The molecule has 0 spiro atoms. The fourth-order valence-corrected chi connectivity index (χ4v) is 2.11. The number of nitrogens with zero attached hydrogens (tertiary/aromatic N) is 3. The lowest BCUT2D eigenvalue weighted by atomic mass is 9.94. The average Bonchev–Trinajstić information content (AvgIpc) is 2.84. The molecule has 0 fully saturated rings. The summed E-state index contributed by atoms with van der Waals surface area (Å²) in [4.78, 5) is 4.20. The van der Waals surface area contributed by atoms with Crippen LogP contribution in [0, 0.1) is 6.92 Å². The van der Waals surface area contributed by atoms with Gasteiger partial charge < -0.3 is 10.4 Å². The topological polar surface area (TPSA) is 62.5 Å². The van der Waals surface area contributed by atoms with Gasteiger partial charge in [0.1, 0.15) is 12.1 Å². The van der Waals surface area contributed by atoms with Crippen molar-refractivity contribution >= 4 is 11.5 Å². The molecule has 0 bridgehead atoms. The molecule has 5 heteroatoms.